The van der Waals surface area contributed by atoms with Crippen molar-refractivity contribution in [2.75, 3.05) is 14.2 Å². The van der Waals surface area contributed by atoms with Gasteiger partial charge in [0, 0.05) is 12.0 Å². The molecule has 0 aliphatic rings. The lowest BCUT2D eigenvalue weighted by Crippen LogP contribution is -2.27. The zero-order chi connectivity index (χ0) is 17.9. The van der Waals surface area contributed by atoms with E-state index in [-0.39, 0.29) is 22.5 Å². The Morgan fingerprint density at radius 3 is 2.42 bits per heavy atom. The lowest BCUT2D eigenvalue weighted by atomic mass is 10.2. The Morgan fingerprint density at radius 1 is 1.17 bits per heavy atom. The van der Waals surface area contributed by atoms with Crippen LogP contribution in [0.15, 0.2) is 27.6 Å². The normalized spacial score (nSPS) is 13.1. The lowest BCUT2D eigenvalue weighted by molar-refractivity contribution is 0.348. The summed E-state index contributed by atoms with van der Waals surface area (Å²) in [4.78, 5) is 4.18. The topological polar surface area (TPSA) is 104 Å². The van der Waals surface area contributed by atoms with Gasteiger partial charge in [0.1, 0.15) is 16.4 Å². The maximum atomic E-state index is 12.7. The fraction of sp³-hybridized carbons (Fsp3) is 0.467. The maximum absolute atomic E-state index is 12.7. The predicted octanol–water partition coefficient (Wildman–Crippen LogP) is 2.25. The quantitative estimate of drug-likeness (QED) is 0.812. The van der Waals surface area contributed by atoms with Gasteiger partial charge in [0.25, 0.3) is 0 Å². The molecule has 1 aromatic heterocycles. The van der Waals surface area contributed by atoms with E-state index in [1.165, 1.54) is 26.4 Å². The van der Waals surface area contributed by atoms with Gasteiger partial charge in [-0.3, -0.25) is 0 Å². The van der Waals surface area contributed by atoms with Crippen LogP contribution in [0.25, 0.3) is 0 Å². The van der Waals surface area contributed by atoms with Crippen LogP contribution in [0.2, 0.25) is 0 Å². The molecule has 8 nitrogen and oxygen atoms in total. The zero-order valence-corrected chi connectivity index (χ0v) is 15.0. The first kappa shape index (κ1) is 18.2. The first-order valence-electron chi connectivity index (χ1n) is 7.36. The van der Waals surface area contributed by atoms with Crippen LogP contribution in [0.5, 0.6) is 11.5 Å². The van der Waals surface area contributed by atoms with E-state index in [1.54, 1.807) is 13.0 Å². The van der Waals surface area contributed by atoms with E-state index in [9.17, 15) is 8.42 Å². The molecule has 1 N–H and O–H groups in total. The summed E-state index contributed by atoms with van der Waals surface area (Å²) in [5.74, 6) is 1.43. The highest BCUT2D eigenvalue weighted by molar-refractivity contribution is 7.89. The van der Waals surface area contributed by atoms with Gasteiger partial charge in [-0.25, -0.2) is 8.42 Å². The second-order valence-electron chi connectivity index (χ2n) is 5.51. The van der Waals surface area contributed by atoms with E-state index in [2.05, 4.69) is 14.9 Å². The number of rotatable bonds is 7. The second kappa shape index (κ2) is 7.18. The van der Waals surface area contributed by atoms with Crippen molar-refractivity contribution < 1.29 is 22.4 Å². The van der Waals surface area contributed by atoms with Crippen molar-refractivity contribution in [3.05, 3.63) is 29.9 Å². The summed E-state index contributed by atoms with van der Waals surface area (Å²) in [6, 6.07) is 3.85. The Balaban J connectivity index is 2.30. The number of hydrogen-bond acceptors (Lipinski definition) is 7. The molecule has 0 aliphatic heterocycles. The number of nitrogens with one attached hydrogen (secondary N) is 1. The Bertz CT molecular complexity index is 801. The van der Waals surface area contributed by atoms with Crippen molar-refractivity contribution in [2.45, 2.75) is 37.6 Å². The van der Waals surface area contributed by atoms with Crippen LogP contribution < -0.4 is 14.2 Å². The van der Waals surface area contributed by atoms with Crippen molar-refractivity contribution in [1.82, 2.24) is 14.9 Å². The van der Waals surface area contributed by atoms with E-state index in [4.69, 9.17) is 14.0 Å². The third kappa shape index (κ3) is 3.85. The van der Waals surface area contributed by atoms with Gasteiger partial charge in [-0.1, -0.05) is 19.0 Å². The first-order valence-corrected chi connectivity index (χ1v) is 8.84. The van der Waals surface area contributed by atoms with Crippen LogP contribution in [-0.2, 0) is 10.0 Å². The first-order chi connectivity index (χ1) is 11.3. The molecule has 1 aromatic carbocycles. The maximum Gasteiger partial charge on any atom is 0.245 e. The highest BCUT2D eigenvalue weighted by Gasteiger charge is 2.26. The molecule has 0 radical (unpaired) electrons. The minimum absolute atomic E-state index is 0.0280. The molecule has 0 bridgehead atoms. The number of benzene rings is 1. The fourth-order valence-electron chi connectivity index (χ4n) is 2.00. The van der Waals surface area contributed by atoms with Crippen LogP contribution >= 0.6 is 0 Å². The molecule has 0 fully saturated rings. The molecule has 0 aliphatic carbocycles. The molecule has 24 heavy (non-hydrogen) atoms. The Hall–Kier alpha value is -2.13. The van der Waals surface area contributed by atoms with Gasteiger partial charge in [-0.05, 0) is 19.1 Å². The molecule has 0 spiro atoms. The van der Waals surface area contributed by atoms with Crippen LogP contribution in [0.4, 0.5) is 0 Å². The Labute approximate surface area is 141 Å². The van der Waals surface area contributed by atoms with Gasteiger partial charge in [0.2, 0.25) is 15.9 Å². The fourth-order valence-corrected chi connectivity index (χ4v) is 3.38. The van der Waals surface area contributed by atoms with Gasteiger partial charge < -0.3 is 14.0 Å². The summed E-state index contributed by atoms with van der Waals surface area (Å²) in [6.45, 7) is 5.47. The molecule has 1 unspecified atom stereocenters. The number of hydrogen-bond donors (Lipinski definition) is 1. The Kier molecular flexibility index (Phi) is 5.45. The molecule has 132 valence electrons. The third-order valence-corrected chi connectivity index (χ3v) is 4.90. The predicted molar refractivity (Wildman–Crippen MR) is 86.7 cm³/mol. The van der Waals surface area contributed by atoms with Gasteiger partial charge in [-0.2, -0.15) is 9.71 Å². The minimum Gasteiger partial charge on any atom is -0.497 e. The number of methoxy groups -OCH3 is 2. The summed E-state index contributed by atoms with van der Waals surface area (Å²) in [6.07, 6.45) is 0. The summed E-state index contributed by atoms with van der Waals surface area (Å²) < 4.78 is 43.2. The standard InChI is InChI=1S/C15H21N3O5S/c1-9(2)14-16-15(23-17-14)10(3)18-24(19,20)13-8-11(21-4)6-7-12(13)22-5/h6-10,18H,1-5H3. The SMILES string of the molecule is COc1ccc(OC)c(S(=O)(=O)NC(C)c2nc(C(C)C)no2)c1. The van der Waals surface area contributed by atoms with Crippen LogP contribution in [0.3, 0.4) is 0 Å². The summed E-state index contributed by atoms with van der Waals surface area (Å²) in [5.41, 5.74) is 0. The van der Waals surface area contributed by atoms with Gasteiger partial charge in [0.15, 0.2) is 5.82 Å². The number of nitrogens with zero attached hydrogens (tertiary/aromatic N) is 2. The molecule has 1 heterocycles. The molecule has 2 rings (SSSR count). The van der Waals surface area contributed by atoms with E-state index < -0.39 is 16.1 Å². The summed E-state index contributed by atoms with van der Waals surface area (Å²) in [7, 11) is -1.02. The van der Waals surface area contributed by atoms with Crippen molar-refractivity contribution in [3.8, 4) is 11.5 Å². The third-order valence-electron chi connectivity index (χ3n) is 3.34. The van der Waals surface area contributed by atoms with Gasteiger partial charge in [-0.15, -0.1) is 0 Å². The van der Waals surface area contributed by atoms with Crippen molar-refractivity contribution in [1.29, 1.82) is 0 Å². The zero-order valence-electron chi connectivity index (χ0n) is 14.2. The molecule has 0 saturated heterocycles. The van der Waals surface area contributed by atoms with E-state index >= 15 is 0 Å². The monoisotopic (exact) mass is 355 g/mol. The van der Waals surface area contributed by atoms with Crippen molar-refractivity contribution in [3.63, 3.8) is 0 Å². The van der Waals surface area contributed by atoms with E-state index in [0.717, 1.165) is 0 Å². The molecule has 9 heteroatoms. The van der Waals surface area contributed by atoms with Crippen LogP contribution in [-0.4, -0.2) is 32.8 Å². The highest BCUT2D eigenvalue weighted by Crippen LogP contribution is 2.29. The molecule has 0 amide bonds. The Morgan fingerprint density at radius 2 is 1.88 bits per heavy atom. The second-order valence-corrected chi connectivity index (χ2v) is 7.19. The molecule has 2 aromatic rings. The van der Waals surface area contributed by atoms with E-state index in [0.29, 0.717) is 11.6 Å². The van der Waals surface area contributed by atoms with Crippen LogP contribution in [0.1, 0.15) is 44.4 Å². The average Bonchev–Trinajstić information content (AvgIpc) is 3.04. The smallest absolute Gasteiger partial charge is 0.245 e. The summed E-state index contributed by atoms with van der Waals surface area (Å²) >= 11 is 0. The van der Waals surface area contributed by atoms with E-state index in [1.807, 2.05) is 13.8 Å². The van der Waals surface area contributed by atoms with Crippen molar-refractivity contribution in [2.24, 2.45) is 0 Å². The largest absolute Gasteiger partial charge is 0.497 e. The molecule has 0 saturated carbocycles. The molecule has 1 atom stereocenters. The molecular weight excluding hydrogens is 334 g/mol. The average molecular weight is 355 g/mol. The molecular formula is C15H21N3O5S. The minimum atomic E-state index is -3.88. The van der Waals surface area contributed by atoms with Crippen LogP contribution in [0, 0.1) is 0 Å². The van der Waals surface area contributed by atoms with Gasteiger partial charge >= 0.3 is 0 Å². The lowest BCUT2D eigenvalue weighted by Gasteiger charge is -2.14. The summed E-state index contributed by atoms with van der Waals surface area (Å²) in [5, 5.41) is 3.84. The van der Waals surface area contributed by atoms with Gasteiger partial charge in [0.05, 0.1) is 20.3 Å². The number of aromatic nitrogens is 2. The number of sulfonamides is 1. The van der Waals surface area contributed by atoms with Crippen molar-refractivity contribution >= 4 is 10.0 Å². The highest BCUT2D eigenvalue weighted by atomic mass is 32.2. The number of ether oxygens (including phenoxy) is 2.